The molecule has 0 fully saturated rings. The fourth-order valence-corrected chi connectivity index (χ4v) is 2.28. The molecule has 122 valence electrons. The maximum absolute atomic E-state index is 12.4. The number of nitrogens with zero attached hydrogens (tertiary/aromatic N) is 1. The van der Waals surface area contributed by atoms with Gasteiger partial charge in [0, 0.05) is 17.8 Å². The molecule has 0 heterocycles. The summed E-state index contributed by atoms with van der Waals surface area (Å²) in [6.45, 7) is 4.52. The van der Waals surface area contributed by atoms with E-state index < -0.39 is 0 Å². The topological polar surface area (TPSA) is 41.6 Å². The first-order valence-corrected chi connectivity index (χ1v) is 7.91. The van der Waals surface area contributed by atoms with Crippen molar-refractivity contribution >= 4 is 23.3 Å². The number of hydrogen-bond acceptors (Lipinski definition) is 2. The summed E-state index contributed by atoms with van der Waals surface area (Å²) in [5, 5.41) is 3.56. The molecular weight excluding hydrogens is 312 g/mol. The normalized spacial score (nSPS) is 11.7. The van der Waals surface area contributed by atoms with Gasteiger partial charge in [0.1, 0.15) is 5.75 Å². The van der Waals surface area contributed by atoms with Crippen molar-refractivity contribution in [2.75, 3.05) is 19.0 Å². The van der Waals surface area contributed by atoms with Crippen LogP contribution in [0.1, 0.15) is 25.5 Å². The van der Waals surface area contributed by atoms with Gasteiger partial charge in [-0.3, -0.25) is 0 Å². The highest BCUT2D eigenvalue weighted by atomic mass is 35.5. The highest BCUT2D eigenvalue weighted by molar-refractivity contribution is 6.30. The number of hydrogen-bond donors (Lipinski definition) is 1. The van der Waals surface area contributed by atoms with E-state index in [1.54, 1.807) is 11.9 Å². The molecule has 4 nitrogen and oxygen atoms in total. The van der Waals surface area contributed by atoms with E-state index in [-0.39, 0.29) is 12.1 Å². The maximum atomic E-state index is 12.4. The molecule has 0 radical (unpaired) electrons. The predicted octanol–water partition coefficient (Wildman–Crippen LogP) is 4.96. The first kappa shape index (κ1) is 17.2. The van der Waals surface area contributed by atoms with Gasteiger partial charge in [0.2, 0.25) is 0 Å². The van der Waals surface area contributed by atoms with E-state index in [0.29, 0.717) is 11.6 Å². The molecule has 1 N–H and O–H groups in total. The lowest BCUT2D eigenvalue weighted by molar-refractivity contribution is 0.208. The quantitative estimate of drug-likeness (QED) is 0.840. The minimum absolute atomic E-state index is 0.0602. The van der Waals surface area contributed by atoms with E-state index in [2.05, 4.69) is 5.32 Å². The fourth-order valence-electron chi connectivity index (χ4n) is 2.15. The number of amides is 2. The Labute approximate surface area is 142 Å². The summed E-state index contributed by atoms with van der Waals surface area (Å²) >= 11 is 5.90. The summed E-state index contributed by atoms with van der Waals surface area (Å²) < 4.78 is 5.39. The molecule has 0 unspecified atom stereocenters. The van der Waals surface area contributed by atoms with Crippen molar-refractivity contribution in [2.45, 2.75) is 19.9 Å². The zero-order chi connectivity index (χ0) is 16.8. The van der Waals surface area contributed by atoms with Crippen LogP contribution in [0.3, 0.4) is 0 Å². The maximum Gasteiger partial charge on any atom is 0.322 e. The number of urea groups is 1. The number of rotatable bonds is 5. The number of anilines is 1. The van der Waals surface area contributed by atoms with Crippen molar-refractivity contribution in [1.29, 1.82) is 0 Å². The number of benzene rings is 2. The number of carbonyl (C=O) groups is 1. The number of nitrogens with one attached hydrogen (secondary N) is 1. The van der Waals surface area contributed by atoms with Crippen LogP contribution < -0.4 is 10.1 Å². The molecule has 0 aliphatic rings. The van der Waals surface area contributed by atoms with Gasteiger partial charge in [-0.25, -0.2) is 4.79 Å². The zero-order valence-corrected chi connectivity index (χ0v) is 14.3. The summed E-state index contributed by atoms with van der Waals surface area (Å²) in [7, 11) is 1.77. The molecule has 23 heavy (non-hydrogen) atoms. The first-order chi connectivity index (χ1) is 11.0. The lowest BCUT2D eigenvalue weighted by Gasteiger charge is -2.25. The lowest BCUT2D eigenvalue weighted by atomic mass is 10.1. The molecule has 0 spiro atoms. The van der Waals surface area contributed by atoms with Gasteiger partial charge in [-0.15, -0.1) is 0 Å². The highest BCUT2D eigenvalue weighted by Crippen LogP contribution is 2.22. The summed E-state index contributed by atoms with van der Waals surface area (Å²) in [6.07, 6.45) is 0. The Balaban J connectivity index is 2.00. The third-order valence-corrected chi connectivity index (χ3v) is 3.92. The molecule has 2 amide bonds. The molecule has 0 aliphatic heterocycles. The number of ether oxygens (including phenoxy) is 1. The van der Waals surface area contributed by atoms with Crippen molar-refractivity contribution < 1.29 is 9.53 Å². The third kappa shape index (κ3) is 4.63. The van der Waals surface area contributed by atoms with Crippen LogP contribution in [0.15, 0.2) is 48.5 Å². The smallest absolute Gasteiger partial charge is 0.322 e. The molecule has 0 bridgehead atoms. The van der Waals surface area contributed by atoms with Crippen LogP contribution in [-0.2, 0) is 0 Å². The van der Waals surface area contributed by atoms with Crippen LogP contribution in [-0.4, -0.2) is 24.6 Å². The summed E-state index contributed by atoms with van der Waals surface area (Å²) in [5.74, 6) is 0.786. The van der Waals surface area contributed by atoms with Gasteiger partial charge >= 0.3 is 6.03 Å². The Kier molecular flexibility index (Phi) is 5.88. The predicted molar refractivity (Wildman–Crippen MR) is 94.3 cm³/mol. The second-order valence-corrected chi connectivity index (χ2v) is 5.66. The Hall–Kier alpha value is -2.20. The molecule has 2 aromatic rings. The molecule has 0 aromatic heterocycles. The fraction of sp³-hybridized carbons (Fsp3) is 0.278. The minimum Gasteiger partial charge on any atom is -0.494 e. The molecule has 5 heteroatoms. The van der Waals surface area contributed by atoms with E-state index in [9.17, 15) is 4.79 Å². The van der Waals surface area contributed by atoms with Gasteiger partial charge in [-0.2, -0.15) is 0 Å². The average Bonchev–Trinajstić information content (AvgIpc) is 2.56. The highest BCUT2D eigenvalue weighted by Gasteiger charge is 2.17. The molecular formula is C18H21ClN2O2. The van der Waals surface area contributed by atoms with Crippen molar-refractivity contribution in [2.24, 2.45) is 0 Å². The van der Waals surface area contributed by atoms with E-state index in [1.165, 1.54) is 0 Å². The summed E-state index contributed by atoms with van der Waals surface area (Å²) in [5.41, 5.74) is 1.76. The molecule has 1 atom stereocenters. The van der Waals surface area contributed by atoms with E-state index in [1.807, 2.05) is 62.4 Å². The van der Waals surface area contributed by atoms with Crippen LogP contribution in [0.25, 0.3) is 0 Å². The standard InChI is InChI=1S/C18H21ClN2O2/c1-4-23-17-11-9-16(10-12-17)20-18(22)21(3)13(2)14-5-7-15(19)8-6-14/h5-13H,4H2,1-3H3,(H,20,22)/t13-/m1/s1. The van der Waals surface area contributed by atoms with Crippen LogP contribution in [0.5, 0.6) is 5.75 Å². The first-order valence-electron chi connectivity index (χ1n) is 7.53. The van der Waals surface area contributed by atoms with E-state index >= 15 is 0 Å². The van der Waals surface area contributed by atoms with E-state index in [4.69, 9.17) is 16.3 Å². The molecule has 2 aromatic carbocycles. The third-order valence-electron chi connectivity index (χ3n) is 3.67. The Morgan fingerprint density at radius 3 is 2.35 bits per heavy atom. The summed E-state index contributed by atoms with van der Waals surface area (Å²) in [6, 6.07) is 14.6. The van der Waals surface area contributed by atoms with Gasteiger partial charge < -0.3 is 15.0 Å². The van der Waals surface area contributed by atoms with Gasteiger partial charge in [0.05, 0.1) is 12.6 Å². The van der Waals surface area contributed by atoms with Crippen molar-refractivity contribution in [3.05, 3.63) is 59.1 Å². The second kappa shape index (κ2) is 7.88. The van der Waals surface area contributed by atoms with Gasteiger partial charge in [0.15, 0.2) is 0 Å². The van der Waals surface area contributed by atoms with Gasteiger partial charge in [-0.1, -0.05) is 23.7 Å². The molecule has 0 aliphatic carbocycles. The minimum atomic E-state index is -0.170. The molecule has 0 saturated heterocycles. The van der Waals surface area contributed by atoms with Crippen molar-refractivity contribution in [3.8, 4) is 5.75 Å². The SMILES string of the molecule is CCOc1ccc(NC(=O)N(C)[C@H](C)c2ccc(Cl)cc2)cc1. The lowest BCUT2D eigenvalue weighted by Crippen LogP contribution is -2.33. The van der Waals surface area contributed by atoms with Crippen molar-refractivity contribution in [3.63, 3.8) is 0 Å². The van der Waals surface area contributed by atoms with E-state index in [0.717, 1.165) is 17.0 Å². The Bertz CT molecular complexity index is 641. The monoisotopic (exact) mass is 332 g/mol. The molecule has 2 rings (SSSR count). The number of carbonyl (C=O) groups excluding carboxylic acids is 1. The largest absolute Gasteiger partial charge is 0.494 e. The van der Waals surface area contributed by atoms with Crippen LogP contribution in [0, 0.1) is 0 Å². The Morgan fingerprint density at radius 2 is 1.78 bits per heavy atom. The second-order valence-electron chi connectivity index (χ2n) is 5.23. The van der Waals surface area contributed by atoms with Crippen LogP contribution >= 0.6 is 11.6 Å². The number of halogens is 1. The van der Waals surface area contributed by atoms with Crippen LogP contribution in [0.2, 0.25) is 5.02 Å². The average molecular weight is 333 g/mol. The Morgan fingerprint density at radius 1 is 1.17 bits per heavy atom. The zero-order valence-electron chi connectivity index (χ0n) is 13.5. The summed E-state index contributed by atoms with van der Waals surface area (Å²) in [4.78, 5) is 14.0. The van der Waals surface area contributed by atoms with Crippen LogP contribution in [0.4, 0.5) is 10.5 Å². The van der Waals surface area contributed by atoms with Crippen molar-refractivity contribution in [1.82, 2.24) is 4.90 Å². The molecule has 0 saturated carbocycles. The van der Waals surface area contributed by atoms with Gasteiger partial charge in [0.25, 0.3) is 0 Å². The van der Waals surface area contributed by atoms with Gasteiger partial charge in [-0.05, 0) is 55.8 Å².